The van der Waals surface area contributed by atoms with Crippen LogP contribution in [-0.4, -0.2) is 18.3 Å². The van der Waals surface area contributed by atoms with Gasteiger partial charge in [0.1, 0.15) is 0 Å². The monoisotopic (exact) mass is 248 g/mol. The lowest BCUT2D eigenvalue weighted by Gasteiger charge is -2.12. The molecule has 0 spiro atoms. The Morgan fingerprint density at radius 2 is 2.13 bits per heavy atom. The average Bonchev–Trinajstić information content (AvgIpc) is 2.22. The molecule has 1 unspecified atom stereocenters. The highest BCUT2D eigenvalue weighted by Gasteiger charge is 2.11. The van der Waals surface area contributed by atoms with Gasteiger partial charge in [0, 0.05) is 35.2 Å². The van der Waals surface area contributed by atoms with Gasteiger partial charge in [-0.2, -0.15) is 0 Å². The minimum Gasteiger partial charge on any atom is -0.388 e. The fourth-order valence-electron chi connectivity index (χ4n) is 1.26. The molecule has 1 atom stereocenters. The van der Waals surface area contributed by atoms with E-state index in [1.165, 1.54) is 0 Å². The minimum atomic E-state index is -0.622. The summed E-state index contributed by atoms with van der Waals surface area (Å²) < 4.78 is 5.16. The third-order valence-corrected chi connectivity index (χ3v) is 2.64. The van der Waals surface area contributed by atoms with Gasteiger partial charge in [0.2, 0.25) is 0 Å². The first-order chi connectivity index (χ1) is 7.15. The Hall–Kier alpha value is -0.280. The fraction of sp³-hybridized carbons (Fsp3) is 0.455. The van der Waals surface area contributed by atoms with Gasteiger partial charge >= 0.3 is 0 Å². The van der Waals surface area contributed by atoms with Crippen LogP contribution in [0.25, 0.3) is 0 Å². The largest absolute Gasteiger partial charge is 0.388 e. The molecule has 2 nitrogen and oxygen atoms in total. The molecule has 0 aliphatic rings. The Kier molecular flexibility index (Phi) is 5.40. The van der Waals surface area contributed by atoms with E-state index in [2.05, 4.69) is 0 Å². The molecule has 0 amide bonds. The molecule has 0 heterocycles. The number of hydrogen-bond donors (Lipinski definition) is 1. The number of aliphatic hydroxyl groups excluding tert-OH is 1. The first-order valence-corrected chi connectivity index (χ1v) is 5.61. The molecule has 0 saturated heterocycles. The van der Waals surface area contributed by atoms with E-state index < -0.39 is 6.10 Å². The predicted molar refractivity (Wildman–Crippen MR) is 62.5 cm³/mol. The molecule has 4 heteroatoms. The second kappa shape index (κ2) is 6.33. The predicted octanol–water partition coefficient (Wildman–Crippen LogP) is 3.45. The van der Waals surface area contributed by atoms with Crippen LogP contribution >= 0.6 is 23.2 Å². The number of hydrogen-bond acceptors (Lipinski definition) is 2. The molecule has 15 heavy (non-hydrogen) atoms. The molecule has 1 aromatic carbocycles. The van der Waals surface area contributed by atoms with Crippen LogP contribution in [-0.2, 0) is 4.74 Å². The lowest BCUT2D eigenvalue weighted by atomic mass is 10.1. The van der Waals surface area contributed by atoms with E-state index in [4.69, 9.17) is 27.9 Å². The summed E-state index contributed by atoms with van der Waals surface area (Å²) in [6.07, 6.45) is -0.101. The van der Waals surface area contributed by atoms with Crippen molar-refractivity contribution in [2.75, 3.05) is 13.2 Å². The Labute approximate surface area is 99.8 Å². The Morgan fingerprint density at radius 3 is 2.80 bits per heavy atom. The molecule has 0 aliphatic heterocycles. The minimum absolute atomic E-state index is 0.514. The molecular weight excluding hydrogens is 235 g/mol. The topological polar surface area (TPSA) is 29.5 Å². The van der Waals surface area contributed by atoms with E-state index >= 15 is 0 Å². The third kappa shape index (κ3) is 3.99. The zero-order valence-electron chi connectivity index (χ0n) is 8.54. The first-order valence-electron chi connectivity index (χ1n) is 4.86. The SMILES string of the molecule is CCOCCC(O)c1cc(Cl)ccc1Cl. The van der Waals surface area contributed by atoms with E-state index in [-0.39, 0.29) is 0 Å². The highest BCUT2D eigenvalue weighted by molar-refractivity contribution is 6.33. The second-order valence-corrected chi connectivity index (χ2v) is 4.01. The standard InChI is InChI=1S/C11H14Cl2O2/c1-2-15-6-5-11(14)9-7-8(12)3-4-10(9)13/h3-4,7,11,14H,2,5-6H2,1H3. The number of halogens is 2. The van der Waals surface area contributed by atoms with Crippen molar-refractivity contribution in [3.63, 3.8) is 0 Å². The number of benzene rings is 1. The van der Waals surface area contributed by atoms with E-state index in [0.717, 1.165) is 0 Å². The number of aliphatic hydroxyl groups is 1. The van der Waals surface area contributed by atoms with Gasteiger partial charge in [-0.15, -0.1) is 0 Å². The van der Waals surface area contributed by atoms with E-state index in [0.29, 0.717) is 35.2 Å². The number of rotatable bonds is 5. The first kappa shape index (κ1) is 12.8. The van der Waals surface area contributed by atoms with E-state index in [1.54, 1.807) is 18.2 Å². The van der Waals surface area contributed by atoms with Crippen molar-refractivity contribution >= 4 is 23.2 Å². The van der Waals surface area contributed by atoms with Gasteiger partial charge in [-0.25, -0.2) is 0 Å². The quantitative estimate of drug-likeness (QED) is 0.810. The van der Waals surface area contributed by atoms with Crippen LogP contribution in [0.2, 0.25) is 10.0 Å². The molecule has 1 rings (SSSR count). The van der Waals surface area contributed by atoms with Crippen molar-refractivity contribution in [2.45, 2.75) is 19.4 Å². The maximum Gasteiger partial charge on any atom is 0.0826 e. The van der Waals surface area contributed by atoms with Crippen LogP contribution in [0, 0.1) is 0 Å². The zero-order valence-corrected chi connectivity index (χ0v) is 10.1. The number of ether oxygens (including phenoxy) is 1. The summed E-state index contributed by atoms with van der Waals surface area (Å²) in [5.41, 5.74) is 0.656. The van der Waals surface area contributed by atoms with Crippen molar-refractivity contribution in [3.05, 3.63) is 33.8 Å². The molecule has 0 fully saturated rings. The molecule has 84 valence electrons. The summed E-state index contributed by atoms with van der Waals surface area (Å²) in [5.74, 6) is 0. The van der Waals surface area contributed by atoms with Crippen LogP contribution in [0.5, 0.6) is 0 Å². The Morgan fingerprint density at radius 1 is 1.40 bits per heavy atom. The fourth-order valence-corrected chi connectivity index (χ4v) is 1.69. The van der Waals surface area contributed by atoms with Gasteiger partial charge in [0.25, 0.3) is 0 Å². The van der Waals surface area contributed by atoms with Crippen LogP contribution in [0.1, 0.15) is 25.0 Å². The molecule has 0 bridgehead atoms. The van der Waals surface area contributed by atoms with Crippen molar-refractivity contribution in [1.29, 1.82) is 0 Å². The molecule has 1 aromatic rings. The van der Waals surface area contributed by atoms with Crippen molar-refractivity contribution in [1.82, 2.24) is 0 Å². The Balaban J connectivity index is 2.64. The normalized spacial score (nSPS) is 12.8. The molecule has 0 radical (unpaired) electrons. The van der Waals surface area contributed by atoms with Gasteiger partial charge in [-0.1, -0.05) is 23.2 Å². The molecule has 0 aromatic heterocycles. The van der Waals surface area contributed by atoms with Crippen LogP contribution < -0.4 is 0 Å². The van der Waals surface area contributed by atoms with Crippen molar-refractivity contribution < 1.29 is 9.84 Å². The van der Waals surface area contributed by atoms with Crippen LogP contribution in [0.15, 0.2) is 18.2 Å². The smallest absolute Gasteiger partial charge is 0.0826 e. The van der Waals surface area contributed by atoms with E-state index in [1.807, 2.05) is 6.92 Å². The van der Waals surface area contributed by atoms with Crippen molar-refractivity contribution in [3.8, 4) is 0 Å². The second-order valence-electron chi connectivity index (χ2n) is 3.17. The van der Waals surface area contributed by atoms with Crippen molar-refractivity contribution in [2.24, 2.45) is 0 Å². The molecular formula is C11H14Cl2O2. The van der Waals surface area contributed by atoms with E-state index in [9.17, 15) is 5.11 Å². The lowest BCUT2D eigenvalue weighted by molar-refractivity contribution is 0.0886. The highest BCUT2D eigenvalue weighted by Crippen LogP contribution is 2.27. The summed E-state index contributed by atoms with van der Waals surface area (Å²) in [7, 11) is 0. The molecule has 1 N–H and O–H groups in total. The summed E-state index contributed by atoms with van der Waals surface area (Å²) in [5, 5.41) is 10.9. The summed E-state index contributed by atoms with van der Waals surface area (Å²) in [6, 6.07) is 5.06. The summed E-state index contributed by atoms with van der Waals surface area (Å²) in [6.45, 7) is 3.08. The summed E-state index contributed by atoms with van der Waals surface area (Å²) >= 11 is 11.8. The maximum atomic E-state index is 9.83. The summed E-state index contributed by atoms with van der Waals surface area (Å²) in [4.78, 5) is 0. The van der Waals surface area contributed by atoms with Gasteiger partial charge in [0.15, 0.2) is 0 Å². The third-order valence-electron chi connectivity index (χ3n) is 2.06. The average molecular weight is 249 g/mol. The maximum absolute atomic E-state index is 9.83. The molecule has 0 aliphatic carbocycles. The van der Waals surface area contributed by atoms with Gasteiger partial charge in [-0.05, 0) is 25.1 Å². The van der Waals surface area contributed by atoms with Crippen LogP contribution in [0.3, 0.4) is 0 Å². The van der Waals surface area contributed by atoms with Gasteiger partial charge in [0.05, 0.1) is 6.10 Å². The lowest BCUT2D eigenvalue weighted by Crippen LogP contribution is -2.03. The van der Waals surface area contributed by atoms with Gasteiger partial charge in [-0.3, -0.25) is 0 Å². The van der Waals surface area contributed by atoms with Gasteiger partial charge < -0.3 is 9.84 Å². The van der Waals surface area contributed by atoms with Crippen LogP contribution in [0.4, 0.5) is 0 Å². The zero-order chi connectivity index (χ0) is 11.3. The highest BCUT2D eigenvalue weighted by atomic mass is 35.5. The molecule has 0 saturated carbocycles. The Bertz CT molecular complexity index is 315.